The van der Waals surface area contributed by atoms with Crippen LogP contribution >= 0.6 is 11.3 Å². The molecule has 3 nitrogen and oxygen atoms in total. The van der Waals surface area contributed by atoms with Gasteiger partial charge in [0.05, 0.1) is 4.88 Å². The van der Waals surface area contributed by atoms with Crippen molar-refractivity contribution in [1.29, 1.82) is 0 Å². The van der Waals surface area contributed by atoms with Crippen molar-refractivity contribution in [2.24, 2.45) is 5.92 Å². The van der Waals surface area contributed by atoms with Gasteiger partial charge in [-0.15, -0.1) is 11.3 Å². The average molecular weight is 331 g/mol. The predicted molar refractivity (Wildman–Crippen MR) is 96.5 cm³/mol. The number of aryl methyl sites for hydroxylation is 2. The standard InChI is InChI=1S/C19H25NO2S/c1-12(2)9-20-19(21)18-8-16(11-23-18)10-22-17-7-13(3)6-14(4)15(17)5/h6-8,11-12H,9-10H2,1-5H3,(H,20,21). The Balaban J connectivity index is 1.99. The molecule has 0 bridgehead atoms. The highest BCUT2D eigenvalue weighted by Crippen LogP contribution is 2.25. The van der Waals surface area contributed by atoms with E-state index in [0.29, 0.717) is 19.1 Å². The van der Waals surface area contributed by atoms with E-state index in [1.165, 1.54) is 28.0 Å². The quantitative estimate of drug-likeness (QED) is 0.837. The number of nitrogens with one attached hydrogen (secondary N) is 1. The van der Waals surface area contributed by atoms with Crippen LogP contribution in [0, 0.1) is 26.7 Å². The van der Waals surface area contributed by atoms with Crippen molar-refractivity contribution in [2.45, 2.75) is 41.2 Å². The average Bonchev–Trinajstić information content (AvgIpc) is 2.96. The number of amides is 1. The highest BCUT2D eigenvalue weighted by atomic mass is 32.1. The van der Waals surface area contributed by atoms with Gasteiger partial charge in [-0.3, -0.25) is 4.79 Å². The monoisotopic (exact) mass is 331 g/mol. The predicted octanol–water partition coefficient (Wildman–Crippen LogP) is 4.64. The van der Waals surface area contributed by atoms with E-state index in [1.54, 1.807) is 0 Å². The summed E-state index contributed by atoms with van der Waals surface area (Å²) in [5.41, 5.74) is 4.63. The highest BCUT2D eigenvalue weighted by Gasteiger charge is 2.10. The summed E-state index contributed by atoms with van der Waals surface area (Å²) in [6.07, 6.45) is 0. The van der Waals surface area contributed by atoms with Crippen LogP contribution in [0.4, 0.5) is 0 Å². The number of thiophene rings is 1. The number of benzene rings is 1. The number of hydrogen-bond acceptors (Lipinski definition) is 3. The van der Waals surface area contributed by atoms with Crippen LogP contribution in [0.2, 0.25) is 0 Å². The summed E-state index contributed by atoms with van der Waals surface area (Å²) in [5, 5.41) is 4.93. The maximum absolute atomic E-state index is 12.0. The van der Waals surface area contributed by atoms with E-state index >= 15 is 0 Å². The Labute approximate surface area is 142 Å². The van der Waals surface area contributed by atoms with Crippen LogP contribution in [-0.2, 0) is 6.61 Å². The summed E-state index contributed by atoms with van der Waals surface area (Å²) in [7, 11) is 0. The van der Waals surface area contributed by atoms with Crippen LogP contribution in [0.15, 0.2) is 23.6 Å². The smallest absolute Gasteiger partial charge is 0.261 e. The molecule has 1 heterocycles. The van der Waals surface area contributed by atoms with Gasteiger partial charge in [-0.2, -0.15) is 0 Å². The second-order valence-corrected chi connectivity index (χ2v) is 7.33. The second-order valence-electron chi connectivity index (χ2n) is 6.42. The van der Waals surface area contributed by atoms with Gasteiger partial charge in [-0.25, -0.2) is 0 Å². The summed E-state index contributed by atoms with van der Waals surface area (Å²) < 4.78 is 5.95. The third-order valence-corrected chi connectivity index (χ3v) is 4.68. The first-order valence-electron chi connectivity index (χ1n) is 7.93. The molecule has 0 atom stereocenters. The van der Waals surface area contributed by atoms with Gasteiger partial charge in [0.1, 0.15) is 12.4 Å². The minimum Gasteiger partial charge on any atom is -0.489 e. The van der Waals surface area contributed by atoms with E-state index in [4.69, 9.17) is 4.74 Å². The summed E-state index contributed by atoms with van der Waals surface area (Å²) in [5.74, 6) is 1.37. The second kappa shape index (κ2) is 7.64. The third-order valence-electron chi connectivity index (χ3n) is 3.71. The van der Waals surface area contributed by atoms with Crippen LogP contribution in [0.3, 0.4) is 0 Å². The number of carbonyl (C=O) groups is 1. The normalized spacial score (nSPS) is 10.9. The first-order chi connectivity index (χ1) is 10.9. The Kier molecular flexibility index (Phi) is 5.83. The molecule has 23 heavy (non-hydrogen) atoms. The lowest BCUT2D eigenvalue weighted by Gasteiger charge is -2.11. The van der Waals surface area contributed by atoms with Crippen molar-refractivity contribution < 1.29 is 9.53 Å². The molecule has 0 unspecified atom stereocenters. The van der Waals surface area contributed by atoms with Crippen LogP contribution in [0.25, 0.3) is 0 Å². The van der Waals surface area contributed by atoms with E-state index in [2.05, 4.69) is 52.1 Å². The van der Waals surface area contributed by atoms with Gasteiger partial charge >= 0.3 is 0 Å². The zero-order chi connectivity index (χ0) is 17.0. The fourth-order valence-corrected chi connectivity index (χ4v) is 3.08. The molecule has 1 amide bonds. The molecule has 1 aromatic heterocycles. The molecular weight excluding hydrogens is 306 g/mol. The van der Waals surface area contributed by atoms with Gasteiger partial charge in [0.25, 0.3) is 5.91 Å². The van der Waals surface area contributed by atoms with Gasteiger partial charge in [0.15, 0.2) is 0 Å². The largest absolute Gasteiger partial charge is 0.489 e. The zero-order valence-electron chi connectivity index (χ0n) is 14.5. The van der Waals surface area contributed by atoms with Gasteiger partial charge in [-0.1, -0.05) is 19.9 Å². The third kappa shape index (κ3) is 4.83. The topological polar surface area (TPSA) is 38.3 Å². The lowest BCUT2D eigenvalue weighted by atomic mass is 10.1. The maximum Gasteiger partial charge on any atom is 0.261 e. The number of hydrogen-bond donors (Lipinski definition) is 1. The van der Waals surface area contributed by atoms with Gasteiger partial charge in [0.2, 0.25) is 0 Å². The fraction of sp³-hybridized carbons (Fsp3) is 0.421. The molecule has 0 radical (unpaired) electrons. The molecule has 0 aliphatic rings. The molecule has 1 aromatic carbocycles. The van der Waals surface area contributed by atoms with Gasteiger partial charge in [0, 0.05) is 12.1 Å². The molecule has 0 fully saturated rings. The molecule has 0 spiro atoms. The Bertz CT molecular complexity index is 689. The number of carbonyl (C=O) groups excluding carboxylic acids is 1. The van der Waals surface area contributed by atoms with Crippen LogP contribution < -0.4 is 10.1 Å². The molecule has 124 valence electrons. The summed E-state index contributed by atoms with van der Waals surface area (Å²) in [6.45, 7) is 11.6. The molecule has 2 rings (SSSR count). The molecule has 0 aliphatic carbocycles. The van der Waals surface area contributed by atoms with E-state index in [1.807, 2.05) is 11.4 Å². The Morgan fingerprint density at radius 1 is 1.22 bits per heavy atom. The number of rotatable bonds is 6. The molecule has 2 aromatic rings. The number of ether oxygens (including phenoxy) is 1. The Morgan fingerprint density at radius 3 is 2.65 bits per heavy atom. The SMILES string of the molecule is Cc1cc(C)c(C)c(OCc2csc(C(=O)NCC(C)C)c2)c1. The van der Waals surface area contributed by atoms with E-state index in [9.17, 15) is 4.79 Å². The summed E-state index contributed by atoms with van der Waals surface area (Å²) in [6, 6.07) is 6.13. The van der Waals surface area contributed by atoms with Crippen LogP contribution in [0.5, 0.6) is 5.75 Å². The van der Waals surface area contributed by atoms with Gasteiger partial charge in [-0.05, 0) is 60.9 Å². The van der Waals surface area contributed by atoms with Crippen molar-refractivity contribution >= 4 is 17.2 Å². The first kappa shape index (κ1) is 17.5. The van der Waals surface area contributed by atoms with Crippen molar-refractivity contribution in [3.05, 3.63) is 50.7 Å². The molecule has 4 heteroatoms. The van der Waals surface area contributed by atoms with Crippen LogP contribution in [-0.4, -0.2) is 12.5 Å². The molecule has 0 saturated heterocycles. The van der Waals surface area contributed by atoms with Gasteiger partial charge < -0.3 is 10.1 Å². The lowest BCUT2D eigenvalue weighted by molar-refractivity contribution is 0.0953. The fourth-order valence-electron chi connectivity index (χ4n) is 2.27. The Morgan fingerprint density at radius 2 is 1.96 bits per heavy atom. The molecular formula is C19H25NO2S. The summed E-state index contributed by atoms with van der Waals surface area (Å²) in [4.78, 5) is 12.8. The van der Waals surface area contributed by atoms with Crippen LogP contribution in [0.1, 0.15) is 45.8 Å². The van der Waals surface area contributed by atoms with E-state index < -0.39 is 0 Å². The summed E-state index contributed by atoms with van der Waals surface area (Å²) >= 11 is 1.46. The Hall–Kier alpha value is -1.81. The molecule has 0 aliphatic heterocycles. The van der Waals surface area contributed by atoms with Crippen molar-refractivity contribution in [3.8, 4) is 5.75 Å². The minimum absolute atomic E-state index is 0.00229. The highest BCUT2D eigenvalue weighted by molar-refractivity contribution is 7.12. The minimum atomic E-state index is -0.00229. The zero-order valence-corrected chi connectivity index (χ0v) is 15.3. The molecule has 1 N–H and O–H groups in total. The maximum atomic E-state index is 12.0. The first-order valence-corrected chi connectivity index (χ1v) is 8.81. The lowest BCUT2D eigenvalue weighted by Crippen LogP contribution is -2.26. The van der Waals surface area contributed by atoms with Crippen molar-refractivity contribution in [3.63, 3.8) is 0 Å². The van der Waals surface area contributed by atoms with E-state index in [-0.39, 0.29) is 5.91 Å². The molecule has 0 saturated carbocycles. The van der Waals surface area contributed by atoms with E-state index in [0.717, 1.165) is 16.2 Å². The van der Waals surface area contributed by atoms with Crippen molar-refractivity contribution in [1.82, 2.24) is 5.32 Å². The van der Waals surface area contributed by atoms with Crippen molar-refractivity contribution in [2.75, 3.05) is 6.54 Å².